The molecule has 2 fully saturated rings. The second kappa shape index (κ2) is 6.53. The molecule has 2 aliphatic rings. The fraction of sp³-hybridized carbons (Fsp3) is 0.429. The van der Waals surface area contributed by atoms with E-state index in [0.29, 0.717) is 17.8 Å². The highest BCUT2D eigenvalue weighted by Crippen LogP contribution is 2.33. The number of H-pyrrole nitrogens is 1. The van der Waals surface area contributed by atoms with E-state index in [1.807, 2.05) is 24.3 Å². The number of hydrogen-bond acceptors (Lipinski definition) is 4. The smallest absolute Gasteiger partial charge is 0.272 e. The molecule has 2 aliphatic heterocycles. The van der Waals surface area contributed by atoms with Crippen LogP contribution in [0.4, 0.5) is 0 Å². The van der Waals surface area contributed by atoms with Crippen LogP contribution in [-0.4, -0.2) is 46.2 Å². The number of furan rings is 1. The third kappa shape index (κ3) is 2.94. The summed E-state index contributed by atoms with van der Waals surface area (Å²) in [5.41, 5.74) is 3.35. The number of benzene rings is 1. The van der Waals surface area contributed by atoms with Crippen LogP contribution in [-0.2, 0) is 0 Å². The van der Waals surface area contributed by atoms with E-state index in [1.54, 1.807) is 12.5 Å². The van der Waals surface area contributed by atoms with Crippen LogP contribution in [0.15, 0.2) is 41.2 Å². The number of aromatic amines is 1. The average Bonchev–Trinajstić information content (AvgIpc) is 3.31. The monoisotopic (exact) mass is 364 g/mol. The molecule has 140 valence electrons. The third-order valence-electron chi connectivity index (χ3n) is 6.31. The fourth-order valence-corrected chi connectivity index (χ4v) is 4.78. The maximum absolute atomic E-state index is 13.0. The van der Waals surface area contributed by atoms with Crippen molar-refractivity contribution < 1.29 is 9.21 Å². The van der Waals surface area contributed by atoms with Gasteiger partial charge in [-0.1, -0.05) is 12.5 Å². The number of piperidine rings is 2. The van der Waals surface area contributed by atoms with Crippen LogP contribution in [0.2, 0.25) is 0 Å². The first kappa shape index (κ1) is 16.6. The molecule has 6 nitrogen and oxygen atoms in total. The zero-order chi connectivity index (χ0) is 18.4. The van der Waals surface area contributed by atoms with Crippen molar-refractivity contribution in [3.8, 4) is 11.1 Å². The van der Waals surface area contributed by atoms with Crippen LogP contribution < -0.4 is 5.32 Å². The molecule has 0 aliphatic carbocycles. The van der Waals surface area contributed by atoms with Crippen molar-refractivity contribution in [2.24, 2.45) is 0 Å². The molecule has 2 bridgehead atoms. The summed E-state index contributed by atoms with van der Waals surface area (Å²) in [6.45, 7) is 0. The molecule has 2 aromatic heterocycles. The molecule has 1 aromatic carbocycles. The standard InChI is InChI=1S/C21H24N4O2/c1-25-16-3-2-4-17(25)11-15(10-16)22-21(26)20-18-9-13(14-7-8-27-12-14)5-6-19(18)23-24-20/h5-9,12,15-17H,2-4,10-11H2,1H3,(H,22,26)(H,23,24)/t15?,16-,17+. The molecule has 27 heavy (non-hydrogen) atoms. The van der Waals surface area contributed by atoms with Gasteiger partial charge in [0.15, 0.2) is 5.69 Å². The van der Waals surface area contributed by atoms with E-state index in [9.17, 15) is 4.79 Å². The maximum atomic E-state index is 13.0. The lowest BCUT2D eigenvalue weighted by Gasteiger charge is -2.47. The van der Waals surface area contributed by atoms with Crippen LogP contribution in [0.25, 0.3) is 22.0 Å². The summed E-state index contributed by atoms with van der Waals surface area (Å²) >= 11 is 0. The van der Waals surface area contributed by atoms with Gasteiger partial charge in [0.25, 0.3) is 5.91 Å². The summed E-state index contributed by atoms with van der Waals surface area (Å²) < 4.78 is 5.18. The lowest BCUT2D eigenvalue weighted by Crippen LogP contribution is -2.55. The third-order valence-corrected chi connectivity index (χ3v) is 6.31. The van der Waals surface area contributed by atoms with Gasteiger partial charge >= 0.3 is 0 Å². The zero-order valence-electron chi connectivity index (χ0n) is 15.4. The average molecular weight is 364 g/mol. The Balaban J connectivity index is 1.38. The molecule has 3 aromatic rings. The molecule has 2 saturated heterocycles. The number of nitrogens with zero attached hydrogens (tertiary/aromatic N) is 2. The molecule has 6 heteroatoms. The molecular weight excluding hydrogens is 340 g/mol. The maximum Gasteiger partial charge on any atom is 0.272 e. The predicted molar refractivity (Wildman–Crippen MR) is 103 cm³/mol. The molecule has 0 saturated carbocycles. The molecule has 0 radical (unpaired) electrons. The van der Waals surface area contributed by atoms with Crippen LogP contribution in [0.5, 0.6) is 0 Å². The predicted octanol–water partition coefficient (Wildman–Crippen LogP) is 3.57. The molecular formula is C21H24N4O2. The largest absolute Gasteiger partial charge is 0.472 e. The van der Waals surface area contributed by atoms with Gasteiger partial charge in [0.1, 0.15) is 0 Å². The van der Waals surface area contributed by atoms with Gasteiger partial charge in [0.05, 0.1) is 18.0 Å². The van der Waals surface area contributed by atoms with E-state index in [2.05, 4.69) is 27.5 Å². The minimum atomic E-state index is -0.0850. The van der Waals surface area contributed by atoms with E-state index in [0.717, 1.165) is 34.9 Å². The van der Waals surface area contributed by atoms with Crippen LogP contribution >= 0.6 is 0 Å². The van der Waals surface area contributed by atoms with Crippen molar-refractivity contribution in [2.75, 3.05) is 7.05 Å². The van der Waals surface area contributed by atoms with E-state index < -0.39 is 0 Å². The number of carbonyl (C=O) groups excluding carboxylic acids is 1. The number of fused-ring (bicyclic) bond motifs is 3. The Morgan fingerprint density at radius 1 is 1.22 bits per heavy atom. The lowest BCUT2D eigenvalue weighted by molar-refractivity contribution is 0.0462. The minimum Gasteiger partial charge on any atom is -0.472 e. The summed E-state index contributed by atoms with van der Waals surface area (Å²) in [6.07, 6.45) is 9.19. The number of amides is 1. The Hall–Kier alpha value is -2.60. The van der Waals surface area contributed by atoms with Crippen molar-refractivity contribution in [1.82, 2.24) is 20.4 Å². The normalized spacial score (nSPS) is 25.6. The summed E-state index contributed by atoms with van der Waals surface area (Å²) in [6, 6.07) is 9.29. The van der Waals surface area contributed by atoms with E-state index in [1.165, 1.54) is 19.3 Å². The molecule has 0 spiro atoms. The Labute approximate surface area is 157 Å². The molecule has 4 heterocycles. The first-order chi connectivity index (χ1) is 13.2. The number of rotatable bonds is 3. The van der Waals surface area contributed by atoms with Crippen LogP contribution in [0.1, 0.15) is 42.6 Å². The summed E-state index contributed by atoms with van der Waals surface area (Å²) in [5.74, 6) is -0.0850. The zero-order valence-corrected chi connectivity index (χ0v) is 15.4. The SMILES string of the molecule is CN1[C@@H]2CCC[C@H]1CC(NC(=O)c1n[nH]c3ccc(-c4ccoc4)cc13)C2. The number of nitrogens with one attached hydrogen (secondary N) is 2. The van der Waals surface area contributed by atoms with E-state index in [4.69, 9.17) is 4.42 Å². The van der Waals surface area contributed by atoms with Gasteiger partial charge in [-0.05, 0) is 56.5 Å². The van der Waals surface area contributed by atoms with Gasteiger partial charge in [-0.25, -0.2) is 0 Å². The Kier molecular flexibility index (Phi) is 4.01. The van der Waals surface area contributed by atoms with Crippen molar-refractivity contribution in [3.63, 3.8) is 0 Å². The molecule has 1 unspecified atom stereocenters. The molecule has 1 amide bonds. The Morgan fingerprint density at radius 2 is 2.04 bits per heavy atom. The second-order valence-corrected chi connectivity index (χ2v) is 7.89. The van der Waals surface area contributed by atoms with Gasteiger partial charge < -0.3 is 14.6 Å². The second-order valence-electron chi connectivity index (χ2n) is 7.89. The van der Waals surface area contributed by atoms with Crippen molar-refractivity contribution in [1.29, 1.82) is 0 Å². The number of aromatic nitrogens is 2. The highest BCUT2D eigenvalue weighted by atomic mass is 16.3. The van der Waals surface area contributed by atoms with Crippen LogP contribution in [0, 0.1) is 0 Å². The Bertz CT molecular complexity index is 948. The van der Waals surface area contributed by atoms with Gasteiger partial charge in [0, 0.05) is 29.1 Å². The lowest BCUT2D eigenvalue weighted by atomic mass is 9.82. The van der Waals surface area contributed by atoms with Crippen molar-refractivity contribution in [3.05, 3.63) is 42.5 Å². The topological polar surface area (TPSA) is 74.2 Å². The first-order valence-electron chi connectivity index (χ1n) is 9.72. The summed E-state index contributed by atoms with van der Waals surface area (Å²) in [5, 5.41) is 11.4. The van der Waals surface area contributed by atoms with Gasteiger partial charge in [-0.2, -0.15) is 5.10 Å². The minimum absolute atomic E-state index is 0.0850. The Morgan fingerprint density at radius 3 is 2.78 bits per heavy atom. The summed E-state index contributed by atoms with van der Waals surface area (Å²) in [7, 11) is 2.23. The number of carbonyl (C=O) groups is 1. The quantitative estimate of drug-likeness (QED) is 0.745. The van der Waals surface area contributed by atoms with Crippen molar-refractivity contribution >= 4 is 16.8 Å². The molecule has 3 atom stereocenters. The number of hydrogen-bond donors (Lipinski definition) is 2. The van der Waals surface area contributed by atoms with Gasteiger partial charge in [-0.15, -0.1) is 0 Å². The molecule has 5 rings (SSSR count). The fourth-order valence-electron chi connectivity index (χ4n) is 4.78. The highest BCUT2D eigenvalue weighted by molar-refractivity contribution is 6.05. The van der Waals surface area contributed by atoms with Gasteiger partial charge in [-0.3, -0.25) is 9.89 Å². The van der Waals surface area contributed by atoms with E-state index in [-0.39, 0.29) is 11.9 Å². The highest BCUT2D eigenvalue weighted by Gasteiger charge is 2.36. The molecule has 2 N–H and O–H groups in total. The van der Waals surface area contributed by atoms with Crippen LogP contribution in [0.3, 0.4) is 0 Å². The van der Waals surface area contributed by atoms with Crippen molar-refractivity contribution in [2.45, 2.75) is 50.2 Å². The first-order valence-corrected chi connectivity index (χ1v) is 9.72. The van der Waals surface area contributed by atoms with Gasteiger partial charge in [0.2, 0.25) is 0 Å². The van der Waals surface area contributed by atoms with E-state index >= 15 is 0 Å². The summed E-state index contributed by atoms with van der Waals surface area (Å²) in [4.78, 5) is 15.5.